The Morgan fingerprint density at radius 3 is 2.60 bits per heavy atom. The van der Waals surface area contributed by atoms with Gasteiger partial charge in [0.25, 0.3) is 0 Å². The molecule has 2 N–H and O–H groups in total. The summed E-state index contributed by atoms with van der Waals surface area (Å²) in [5, 5.41) is 0. The fourth-order valence-corrected chi connectivity index (χ4v) is 2.54. The fourth-order valence-electron chi connectivity index (χ4n) is 2.54. The van der Waals surface area contributed by atoms with Crippen LogP contribution in [0.2, 0.25) is 0 Å². The first-order chi connectivity index (χ1) is 6.89. The Balaban J connectivity index is 2.47. The molecule has 2 rings (SSSR count). The van der Waals surface area contributed by atoms with Crippen LogP contribution in [0.25, 0.3) is 0 Å². The first kappa shape index (κ1) is 10.5. The third-order valence-corrected chi connectivity index (χ3v) is 3.38. The van der Waals surface area contributed by atoms with E-state index in [-0.39, 0.29) is 16.9 Å². The summed E-state index contributed by atoms with van der Waals surface area (Å²) in [6.07, 6.45) is 2.09. The van der Waals surface area contributed by atoms with Gasteiger partial charge in [-0.25, -0.2) is 4.39 Å². The van der Waals surface area contributed by atoms with Gasteiger partial charge in [-0.3, -0.25) is 0 Å². The zero-order valence-corrected chi connectivity index (χ0v) is 9.60. The summed E-state index contributed by atoms with van der Waals surface area (Å²) >= 11 is 0. The van der Waals surface area contributed by atoms with Gasteiger partial charge in [0, 0.05) is 0 Å². The Morgan fingerprint density at radius 1 is 1.33 bits per heavy atom. The van der Waals surface area contributed by atoms with Crippen molar-refractivity contribution in [3.63, 3.8) is 0 Å². The molecule has 0 fully saturated rings. The zero-order chi connectivity index (χ0) is 11.2. The number of aryl methyl sites for hydroxylation is 1. The Bertz CT molecular complexity index is 390. The predicted octanol–water partition coefficient (Wildman–Crippen LogP) is 3.48. The molecule has 15 heavy (non-hydrogen) atoms. The lowest BCUT2D eigenvalue weighted by Crippen LogP contribution is -2.16. The average Bonchev–Trinajstić information content (AvgIpc) is 2.47. The number of benzene rings is 1. The minimum absolute atomic E-state index is 0.232. The molecule has 0 aromatic heterocycles. The summed E-state index contributed by atoms with van der Waals surface area (Å²) in [6, 6.07) is 3.43. The van der Waals surface area contributed by atoms with Crippen LogP contribution in [-0.2, 0) is 6.42 Å². The Labute approximate surface area is 90.5 Å². The highest BCUT2D eigenvalue weighted by atomic mass is 19.1. The molecule has 0 bridgehead atoms. The SMILES string of the molecule is CC(C)(C)C1CCc2cc(F)c(N)cc21. The highest BCUT2D eigenvalue weighted by Gasteiger charge is 2.32. The van der Waals surface area contributed by atoms with Crippen molar-refractivity contribution >= 4 is 5.69 Å². The molecule has 1 unspecified atom stereocenters. The summed E-state index contributed by atoms with van der Waals surface area (Å²) in [7, 11) is 0. The molecule has 1 aromatic rings. The number of hydrogen-bond donors (Lipinski definition) is 1. The highest BCUT2D eigenvalue weighted by Crippen LogP contribution is 2.45. The third kappa shape index (κ3) is 1.73. The normalized spacial score (nSPS) is 20.4. The van der Waals surface area contributed by atoms with Crippen molar-refractivity contribution in [1.82, 2.24) is 0 Å². The van der Waals surface area contributed by atoms with Gasteiger partial charge in [0.2, 0.25) is 0 Å². The van der Waals surface area contributed by atoms with E-state index in [0.717, 1.165) is 18.4 Å². The minimum atomic E-state index is -0.275. The molecule has 0 saturated heterocycles. The molecule has 2 heteroatoms. The molecule has 0 spiro atoms. The van der Waals surface area contributed by atoms with Gasteiger partial charge in [-0.05, 0) is 47.4 Å². The lowest BCUT2D eigenvalue weighted by Gasteiger charge is -2.28. The lowest BCUT2D eigenvalue weighted by atomic mass is 9.77. The van der Waals surface area contributed by atoms with Gasteiger partial charge in [-0.1, -0.05) is 20.8 Å². The first-order valence-corrected chi connectivity index (χ1v) is 5.47. The Morgan fingerprint density at radius 2 is 2.00 bits per heavy atom. The molecular weight excluding hydrogens is 189 g/mol. The van der Waals surface area contributed by atoms with E-state index in [1.807, 2.05) is 6.07 Å². The smallest absolute Gasteiger partial charge is 0.146 e. The number of fused-ring (bicyclic) bond motifs is 1. The Hall–Kier alpha value is -1.05. The van der Waals surface area contributed by atoms with Crippen molar-refractivity contribution < 1.29 is 4.39 Å². The highest BCUT2D eigenvalue weighted by molar-refractivity contribution is 5.49. The molecule has 1 nitrogen and oxygen atoms in total. The number of halogens is 1. The monoisotopic (exact) mass is 207 g/mol. The number of nitrogens with two attached hydrogens (primary N) is 1. The van der Waals surface area contributed by atoms with Crippen LogP contribution in [0.4, 0.5) is 10.1 Å². The van der Waals surface area contributed by atoms with E-state index >= 15 is 0 Å². The van der Waals surface area contributed by atoms with E-state index in [1.165, 1.54) is 5.56 Å². The summed E-state index contributed by atoms with van der Waals surface area (Å²) < 4.78 is 13.3. The minimum Gasteiger partial charge on any atom is -0.396 e. The van der Waals surface area contributed by atoms with Crippen LogP contribution in [0.5, 0.6) is 0 Å². The summed E-state index contributed by atoms with van der Waals surface area (Å²) in [5.74, 6) is 0.235. The van der Waals surface area contributed by atoms with Gasteiger partial charge in [0.15, 0.2) is 0 Å². The lowest BCUT2D eigenvalue weighted by molar-refractivity contribution is 0.319. The molecule has 0 radical (unpaired) electrons. The van der Waals surface area contributed by atoms with Crippen LogP contribution in [0.1, 0.15) is 44.2 Å². The first-order valence-electron chi connectivity index (χ1n) is 5.47. The third-order valence-electron chi connectivity index (χ3n) is 3.38. The van der Waals surface area contributed by atoms with Crippen molar-refractivity contribution in [2.75, 3.05) is 5.73 Å². The molecule has 0 heterocycles. The van der Waals surface area contributed by atoms with Crippen LogP contribution in [0, 0.1) is 11.2 Å². The molecule has 1 aliphatic carbocycles. The maximum absolute atomic E-state index is 13.3. The quantitative estimate of drug-likeness (QED) is 0.647. The van der Waals surface area contributed by atoms with Crippen molar-refractivity contribution in [3.8, 4) is 0 Å². The van der Waals surface area contributed by atoms with E-state index < -0.39 is 0 Å². The van der Waals surface area contributed by atoms with Crippen LogP contribution < -0.4 is 5.73 Å². The number of anilines is 1. The average molecular weight is 207 g/mol. The van der Waals surface area contributed by atoms with Crippen LogP contribution >= 0.6 is 0 Å². The van der Waals surface area contributed by atoms with E-state index in [1.54, 1.807) is 6.07 Å². The second-order valence-electron chi connectivity index (χ2n) is 5.53. The molecular formula is C13H18FN. The van der Waals surface area contributed by atoms with Crippen LogP contribution in [-0.4, -0.2) is 0 Å². The molecule has 0 aliphatic heterocycles. The largest absolute Gasteiger partial charge is 0.396 e. The summed E-state index contributed by atoms with van der Waals surface area (Å²) in [6.45, 7) is 6.69. The zero-order valence-electron chi connectivity index (χ0n) is 9.60. The number of hydrogen-bond acceptors (Lipinski definition) is 1. The number of nitrogen functional groups attached to an aromatic ring is 1. The van der Waals surface area contributed by atoms with E-state index in [4.69, 9.17) is 5.73 Å². The molecule has 82 valence electrons. The van der Waals surface area contributed by atoms with Gasteiger partial charge in [0.05, 0.1) is 5.69 Å². The van der Waals surface area contributed by atoms with Crippen molar-refractivity contribution in [3.05, 3.63) is 29.1 Å². The van der Waals surface area contributed by atoms with E-state index in [0.29, 0.717) is 5.92 Å². The van der Waals surface area contributed by atoms with Gasteiger partial charge in [-0.15, -0.1) is 0 Å². The molecule has 0 saturated carbocycles. The maximum atomic E-state index is 13.3. The summed E-state index contributed by atoms with van der Waals surface area (Å²) in [5.41, 5.74) is 8.53. The Kier molecular flexibility index (Phi) is 2.25. The van der Waals surface area contributed by atoms with Crippen molar-refractivity contribution in [2.45, 2.75) is 39.5 Å². The van der Waals surface area contributed by atoms with Gasteiger partial charge in [0.1, 0.15) is 5.82 Å². The van der Waals surface area contributed by atoms with E-state index in [9.17, 15) is 4.39 Å². The topological polar surface area (TPSA) is 26.0 Å². The predicted molar refractivity (Wildman–Crippen MR) is 61.3 cm³/mol. The van der Waals surface area contributed by atoms with Gasteiger partial charge >= 0.3 is 0 Å². The van der Waals surface area contributed by atoms with Gasteiger partial charge < -0.3 is 5.73 Å². The van der Waals surface area contributed by atoms with Crippen LogP contribution in [0.15, 0.2) is 12.1 Å². The molecule has 1 atom stereocenters. The van der Waals surface area contributed by atoms with Gasteiger partial charge in [-0.2, -0.15) is 0 Å². The summed E-state index contributed by atoms with van der Waals surface area (Å²) in [4.78, 5) is 0. The molecule has 1 aromatic carbocycles. The second-order valence-corrected chi connectivity index (χ2v) is 5.53. The number of rotatable bonds is 0. The standard InChI is InChI=1S/C13H18FN/c1-13(2,3)10-5-4-8-6-11(14)12(15)7-9(8)10/h6-7,10H,4-5,15H2,1-3H3. The van der Waals surface area contributed by atoms with Crippen molar-refractivity contribution in [2.24, 2.45) is 5.41 Å². The fraction of sp³-hybridized carbons (Fsp3) is 0.538. The van der Waals surface area contributed by atoms with Crippen molar-refractivity contribution in [1.29, 1.82) is 0 Å². The van der Waals surface area contributed by atoms with E-state index in [2.05, 4.69) is 20.8 Å². The molecule has 1 aliphatic rings. The molecule has 0 amide bonds. The second kappa shape index (κ2) is 3.22. The maximum Gasteiger partial charge on any atom is 0.146 e. The van der Waals surface area contributed by atoms with Crippen LogP contribution in [0.3, 0.4) is 0 Å².